The molecule has 7 N–H and O–H groups in total. The number of rotatable bonds is 43. The van der Waals surface area contributed by atoms with Crippen molar-refractivity contribution in [2.24, 2.45) is 11.7 Å². The van der Waals surface area contributed by atoms with Gasteiger partial charge in [-0.1, -0.05) is 33.1 Å². The first-order valence-electron chi connectivity index (χ1n) is 20.7. The molecule has 17 nitrogen and oxygen atoms in total. The lowest BCUT2D eigenvalue weighted by Gasteiger charge is -2.31. The molecule has 56 heavy (non-hydrogen) atoms. The second-order valence-corrected chi connectivity index (χ2v) is 20.4. The average molecular weight is 848 g/mol. The number of nitrogens with one attached hydrogen (secondary N) is 2. The molecular formula is C37H85N5O12Si2. The van der Waals surface area contributed by atoms with Gasteiger partial charge in [-0.25, -0.2) is 0 Å². The summed E-state index contributed by atoms with van der Waals surface area (Å²) in [5, 5.41) is 39.9. The maximum Gasteiger partial charge on any atom is 0.500 e. The second-order valence-electron chi connectivity index (χ2n) is 14.2. The first kappa shape index (κ1) is 55.8. The number of aliphatic hydroxyl groups excluding tert-OH is 3. The van der Waals surface area contributed by atoms with Gasteiger partial charge in [0.1, 0.15) is 0 Å². The third-order valence-corrected chi connectivity index (χ3v) is 15.4. The first-order chi connectivity index (χ1) is 27.0. The lowest BCUT2D eigenvalue weighted by atomic mass is 10.0. The van der Waals surface area contributed by atoms with Crippen LogP contribution in [0.2, 0.25) is 12.1 Å². The van der Waals surface area contributed by atoms with Crippen molar-refractivity contribution in [1.82, 2.24) is 20.4 Å². The molecule has 0 bridgehead atoms. The van der Waals surface area contributed by atoms with E-state index < -0.39 is 35.9 Å². The highest BCUT2D eigenvalue weighted by Crippen LogP contribution is 2.16. The molecule has 0 aromatic heterocycles. The fraction of sp³-hybridized carbons (Fsp3) is 1.00. The minimum absolute atomic E-state index is 0.133. The van der Waals surface area contributed by atoms with Crippen molar-refractivity contribution in [2.75, 3.05) is 154 Å². The van der Waals surface area contributed by atoms with Gasteiger partial charge in [-0.2, -0.15) is 0 Å². The number of nitrogens with zero attached hydrogens (tertiary/aromatic N) is 2. The predicted molar refractivity (Wildman–Crippen MR) is 224 cm³/mol. The third-order valence-electron chi connectivity index (χ3n) is 9.78. The summed E-state index contributed by atoms with van der Waals surface area (Å²) in [6.07, 6.45) is 3.64. The van der Waals surface area contributed by atoms with Crippen molar-refractivity contribution >= 4 is 17.6 Å². The lowest BCUT2D eigenvalue weighted by molar-refractivity contribution is -0.0166. The van der Waals surface area contributed by atoms with Crippen molar-refractivity contribution in [3.63, 3.8) is 0 Å². The van der Waals surface area contributed by atoms with Gasteiger partial charge in [-0.05, 0) is 25.2 Å². The molecule has 0 heterocycles. The summed E-state index contributed by atoms with van der Waals surface area (Å²) in [5.74, 6) is 0.502. The van der Waals surface area contributed by atoms with Crippen LogP contribution in [0.5, 0.6) is 0 Å². The van der Waals surface area contributed by atoms with E-state index in [1.165, 1.54) is 6.42 Å². The molecule has 4 atom stereocenters. The van der Waals surface area contributed by atoms with E-state index in [2.05, 4.69) is 29.4 Å². The second kappa shape index (κ2) is 36.6. The third kappa shape index (κ3) is 27.5. The molecule has 0 aliphatic carbocycles. The number of ether oxygens (including phenoxy) is 3. The van der Waals surface area contributed by atoms with Gasteiger partial charge < -0.3 is 72.5 Å². The molecular weight excluding hydrogens is 763 g/mol. The van der Waals surface area contributed by atoms with E-state index in [1.807, 2.05) is 4.90 Å². The Morgan fingerprint density at radius 2 is 1.00 bits per heavy atom. The van der Waals surface area contributed by atoms with Crippen molar-refractivity contribution in [1.29, 1.82) is 0 Å². The zero-order chi connectivity index (χ0) is 41.9. The molecule has 0 saturated heterocycles. The molecule has 4 unspecified atom stereocenters. The Morgan fingerprint density at radius 3 is 1.45 bits per heavy atom. The average Bonchev–Trinajstić information content (AvgIpc) is 3.20. The molecule has 338 valence electrons. The van der Waals surface area contributed by atoms with E-state index in [0.717, 1.165) is 45.4 Å². The van der Waals surface area contributed by atoms with Crippen LogP contribution in [0.3, 0.4) is 0 Å². The molecule has 0 rings (SSSR count). The van der Waals surface area contributed by atoms with Crippen molar-refractivity contribution in [3.05, 3.63) is 0 Å². The number of unbranched alkanes of at least 4 members (excludes halogenated alkanes) is 1. The standard InChI is InChI=1S/C37H85N5O12Si2/c1-9-11-14-34(10-2)30-54-33-35(43)27-41(20-19-40-18-17-39-16-15-38)21-22-42(28-36(44)31-52-23-12-25-55(46-3,47-4)48-5)29-37(45)32-53-24-13-26-56(49-6,50-7)51-8/h34-37,39-40,43-45H,9-33,38H2,1-8H3. The minimum Gasteiger partial charge on any atom is -0.389 e. The molecule has 0 spiro atoms. The van der Waals surface area contributed by atoms with Gasteiger partial charge in [0, 0.05) is 147 Å². The lowest BCUT2D eigenvalue weighted by Crippen LogP contribution is -2.47. The number of hydrogen-bond donors (Lipinski definition) is 6. The summed E-state index contributed by atoms with van der Waals surface area (Å²) >= 11 is 0. The van der Waals surface area contributed by atoms with Crippen LogP contribution in [0.25, 0.3) is 0 Å². The summed E-state index contributed by atoms with van der Waals surface area (Å²) in [5.41, 5.74) is 5.59. The fourth-order valence-corrected chi connectivity index (χ4v) is 9.63. The van der Waals surface area contributed by atoms with Gasteiger partial charge in [-0.3, -0.25) is 9.80 Å². The van der Waals surface area contributed by atoms with E-state index in [9.17, 15) is 15.3 Å². The summed E-state index contributed by atoms with van der Waals surface area (Å²) in [6, 6.07) is 1.20. The van der Waals surface area contributed by atoms with E-state index >= 15 is 0 Å². The van der Waals surface area contributed by atoms with Crippen LogP contribution in [0, 0.1) is 5.92 Å². The fourth-order valence-electron chi connectivity index (χ4n) is 6.25. The number of aliphatic hydroxyl groups is 3. The van der Waals surface area contributed by atoms with Crippen LogP contribution < -0.4 is 16.4 Å². The number of nitrogens with two attached hydrogens (primary N) is 1. The van der Waals surface area contributed by atoms with E-state index in [1.54, 1.807) is 42.7 Å². The highest BCUT2D eigenvalue weighted by Gasteiger charge is 2.37. The predicted octanol–water partition coefficient (Wildman–Crippen LogP) is 0.614. The Balaban J connectivity index is 5.47. The Morgan fingerprint density at radius 1 is 0.554 bits per heavy atom. The van der Waals surface area contributed by atoms with Gasteiger partial charge in [0.25, 0.3) is 0 Å². The monoisotopic (exact) mass is 848 g/mol. The van der Waals surface area contributed by atoms with Gasteiger partial charge in [0.15, 0.2) is 0 Å². The zero-order valence-corrected chi connectivity index (χ0v) is 38.5. The molecule has 0 saturated carbocycles. The summed E-state index contributed by atoms with van der Waals surface area (Å²) in [4.78, 5) is 4.23. The normalized spacial score (nSPS) is 14.9. The molecule has 0 radical (unpaired) electrons. The Bertz CT molecular complexity index is 807. The molecule has 0 fully saturated rings. The Labute approximate surface area is 342 Å². The van der Waals surface area contributed by atoms with E-state index in [4.69, 9.17) is 46.5 Å². The summed E-state index contributed by atoms with van der Waals surface area (Å²) in [6.45, 7) is 13.0. The Kier molecular flexibility index (Phi) is 36.4. The maximum atomic E-state index is 11.0. The van der Waals surface area contributed by atoms with Gasteiger partial charge in [0.2, 0.25) is 0 Å². The van der Waals surface area contributed by atoms with Crippen LogP contribution in [-0.4, -0.2) is 215 Å². The largest absolute Gasteiger partial charge is 0.500 e. The molecule has 0 amide bonds. The highest BCUT2D eigenvalue weighted by molar-refractivity contribution is 6.60. The Hall–Kier alpha value is -0.246. The topological polar surface area (TPSA) is 200 Å². The molecule has 0 aliphatic rings. The quantitative estimate of drug-likeness (QED) is 0.0368. The first-order valence-corrected chi connectivity index (χ1v) is 24.6. The van der Waals surface area contributed by atoms with Crippen LogP contribution in [0.4, 0.5) is 0 Å². The van der Waals surface area contributed by atoms with Crippen LogP contribution in [-0.2, 0) is 40.8 Å². The van der Waals surface area contributed by atoms with Gasteiger partial charge in [-0.15, -0.1) is 0 Å². The van der Waals surface area contributed by atoms with Crippen molar-refractivity contribution in [3.8, 4) is 0 Å². The molecule has 0 aliphatic heterocycles. The zero-order valence-electron chi connectivity index (χ0n) is 36.5. The van der Waals surface area contributed by atoms with Gasteiger partial charge in [0.05, 0.1) is 38.1 Å². The highest BCUT2D eigenvalue weighted by atomic mass is 28.4. The molecule has 19 heteroatoms. The maximum absolute atomic E-state index is 11.0. The van der Waals surface area contributed by atoms with E-state index in [-0.39, 0.29) is 32.9 Å². The van der Waals surface area contributed by atoms with Crippen LogP contribution in [0.15, 0.2) is 0 Å². The minimum atomic E-state index is -2.69. The summed E-state index contributed by atoms with van der Waals surface area (Å²) < 4.78 is 50.6. The number of hydrogen-bond acceptors (Lipinski definition) is 17. The molecule has 0 aromatic carbocycles. The van der Waals surface area contributed by atoms with Crippen molar-refractivity contribution in [2.45, 2.75) is 82.8 Å². The van der Waals surface area contributed by atoms with Gasteiger partial charge >= 0.3 is 17.6 Å². The molecule has 0 aromatic rings. The summed E-state index contributed by atoms with van der Waals surface area (Å²) in [7, 11) is 4.11. The van der Waals surface area contributed by atoms with E-state index in [0.29, 0.717) is 83.4 Å². The van der Waals surface area contributed by atoms with Crippen LogP contribution >= 0.6 is 0 Å². The van der Waals surface area contributed by atoms with Crippen LogP contribution in [0.1, 0.15) is 52.4 Å². The SMILES string of the molecule is CCCCC(CC)COCC(O)CN(CCNCCNCCN)CCN(CC(O)COCCC[Si](OC)(OC)OC)CC(O)COCCC[Si](OC)(OC)OC. The smallest absolute Gasteiger partial charge is 0.389 e. The van der Waals surface area contributed by atoms with Crippen molar-refractivity contribution < 1.29 is 56.1 Å².